The van der Waals surface area contributed by atoms with Gasteiger partial charge in [0.05, 0.1) is 0 Å². The first-order chi connectivity index (χ1) is 9.02. The van der Waals surface area contributed by atoms with Crippen molar-refractivity contribution in [2.45, 2.75) is 65.0 Å². The third-order valence-corrected chi connectivity index (χ3v) is 5.17. The molecule has 0 spiro atoms. The maximum absolute atomic E-state index is 5.80. The number of fused-ring (bicyclic) bond motifs is 1. The highest BCUT2D eigenvalue weighted by Crippen LogP contribution is 2.25. The highest BCUT2D eigenvalue weighted by Gasteiger charge is 2.33. The Kier molecular flexibility index (Phi) is 5.27. The van der Waals surface area contributed by atoms with Crippen LogP contribution in [0.1, 0.15) is 52.9 Å². The quantitative estimate of drug-likeness (QED) is 0.750. The monoisotopic (exact) mass is 267 g/mol. The Bertz CT molecular complexity index is 277. The molecule has 2 fully saturated rings. The summed E-state index contributed by atoms with van der Waals surface area (Å²) in [5, 5.41) is 0. The van der Waals surface area contributed by atoms with Gasteiger partial charge in [0.2, 0.25) is 0 Å². The molecule has 0 amide bonds. The van der Waals surface area contributed by atoms with E-state index in [1.54, 1.807) is 0 Å². The minimum Gasteiger partial charge on any atom is -0.330 e. The number of unbranched alkanes of at least 4 members (excludes halogenated alkanes) is 1. The van der Waals surface area contributed by atoms with E-state index in [-0.39, 0.29) is 0 Å². The fourth-order valence-electron chi connectivity index (χ4n) is 3.58. The molecular weight excluding hydrogens is 234 g/mol. The van der Waals surface area contributed by atoms with Crippen LogP contribution >= 0.6 is 0 Å². The minimum atomic E-state index is 0.329. The zero-order chi connectivity index (χ0) is 13.9. The van der Waals surface area contributed by atoms with E-state index in [9.17, 15) is 0 Å². The normalized spacial score (nSPS) is 29.7. The fraction of sp³-hybridized carbons (Fsp3) is 1.00. The zero-order valence-electron chi connectivity index (χ0n) is 13.2. The molecule has 0 saturated carbocycles. The summed E-state index contributed by atoms with van der Waals surface area (Å²) in [5.41, 5.74) is 6.13. The van der Waals surface area contributed by atoms with Gasteiger partial charge in [-0.3, -0.25) is 9.80 Å². The average Bonchev–Trinajstić information content (AvgIpc) is 2.81. The number of hydrogen-bond donors (Lipinski definition) is 1. The largest absolute Gasteiger partial charge is 0.330 e. The van der Waals surface area contributed by atoms with Gasteiger partial charge in [-0.1, -0.05) is 20.3 Å². The first-order valence-corrected chi connectivity index (χ1v) is 8.20. The lowest BCUT2D eigenvalue weighted by atomic mass is 9.87. The van der Waals surface area contributed by atoms with Crippen molar-refractivity contribution < 1.29 is 0 Å². The summed E-state index contributed by atoms with van der Waals surface area (Å²) >= 11 is 0. The molecule has 0 aromatic rings. The Labute approximate surface area is 119 Å². The molecule has 0 radical (unpaired) electrons. The number of hydrogen-bond acceptors (Lipinski definition) is 3. The number of piperazine rings is 1. The maximum Gasteiger partial charge on any atom is 0.0224 e. The molecule has 2 rings (SSSR count). The summed E-state index contributed by atoms with van der Waals surface area (Å²) in [4.78, 5) is 5.43. The first-order valence-electron chi connectivity index (χ1n) is 8.20. The highest BCUT2D eigenvalue weighted by atomic mass is 15.3. The van der Waals surface area contributed by atoms with Gasteiger partial charge in [-0.25, -0.2) is 0 Å². The summed E-state index contributed by atoms with van der Waals surface area (Å²) in [6.07, 6.45) is 6.75. The molecule has 3 nitrogen and oxygen atoms in total. The Morgan fingerprint density at radius 1 is 1.21 bits per heavy atom. The van der Waals surface area contributed by atoms with E-state index in [4.69, 9.17) is 5.73 Å². The summed E-state index contributed by atoms with van der Waals surface area (Å²) < 4.78 is 0. The second-order valence-corrected chi connectivity index (χ2v) is 7.46. The summed E-state index contributed by atoms with van der Waals surface area (Å²) in [7, 11) is 0. The van der Waals surface area contributed by atoms with Crippen LogP contribution in [0.15, 0.2) is 0 Å². The standard InChI is InChI=1S/C16H33N3/c1-14-11-19-10-6-7-15(19)12-18(14)9-5-4-8-16(2,3)13-17/h14-15H,4-13,17H2,1-3H3. The lowest BCUT2D eigenvalue weighted by molar-refractivity contribution is 0.0578. The molecule has 0 bridgehead atoms. The molecule has 0 aliphatic carbocycles. The average molecular weight is 267 g/mol. The van der Waals surface area contributed by atoms with Crippen molar-refractivity contribution in [2.75, 3.05) is 32.7 Å². The van der Waals surface area contributed by atoms with Gasteiger partial charge in [-0.05, 0) is 57.7 Å². The predicted octanol–water partition coefficient (Wildman–Crippen LogP) is 2.31. The number of rotatable bonds is 6. The molecule has 0 aromatic carbocycles. The van der Waals surface area contributed by atoms with Crippen molar-refractivity contribution >= 4 is 0 Å². The van der Waals surface area contributed by atoms with Gasteiger partial charge >= 0.3 is 0 Å². The maximum atomic E-state index is 5.80. The number of nitrogens with zero attached hydrogens (tertiary/aromatic N) is 2. The van der Waals surface area contributed by atoms with Crippen molar-refractivity contribution in [2.24, 2.45) is 11.1 Å². The molecule has 112 valence electrons. The van der Waals surface area contributed by atoms with E-state index in [2.05, 4.69) is 30.6 Å². The summed E-state index contributed by atoms with van der Waals surface area (Å²) in [6.45, 7) is 13.0. The van der Waals surface area contributed by atoms with Crippen LogP contribution in [0.4, 0.5) is 0 Å². The van der Waals surface area contributed by atoms with Crippen molar-refractivity contribution in [1.82, 2.24) is 9.80 Å². The molecule has 2 aliphatic rings. The topological polar surface area (TPSA) is 32.5 Å². The predicted molar refractivity (Wildman–Crippen MR) is 82.3 cm³/mol. The Morgan fingerprint density at radius 3 is 2.74 bits per heavy atom. The van der Waals surface area contributed by atoms with Gasteiger partial charge < -0.3 is 5.73 Å². The lowest BCUT2D eigenvalue weighted by Gasteiger charge is -2.42. The van der Waals surface area contributed by atoms with E-state index in [0.717, 1.165) is 18.6 Å². The molecule has 3 heteroatoms. The van der Waals surface area contributed by atoms with Crippen molar-refractivity contribution in [3.05, 3.63) is 0 Å². The van der Waals surface area contributed by atoms with Gasteiger partial charge in [0.15, 0.2) is 0 Å². The van der Waals surface area contributed by atoms with Gasteiger partial charge in [0, 0.05) is 25.2 Å². The molecule has 2 aliphatic heterocycles. The van der Waals surface area contributed by atoms with E-state index in [1.807, 2.05) is 0 Å². The van der Waals surface area contributed by atoms with Gasteiger partial charge in [0.1, 0.15) is 0 Å². The van der Waals surface area contributed by atoms with Crippen LogP contribution < -0.4 is 5.73 Å². The van der Waals surface area contributed by atoms with Gasteiger partial charge in [-0.15, -0.1) is 0 Å². The Morgan fingerprint density at radius 2 is 2.00 bits per heavy atom. The highest BCUT2D eigenvalue weighted by molar-refractivity contribution is 4.90. The molecule has 19 heavy (non-hydrogen) atoms. The molecule has 0 aromatic heterocycles. The van der Waals surface area contributed by atoms with Crippen molar-refractivity contribution in [3.63, 3.8) is 0 Å². The number of nitrogens with two attached hydrogens (primary N) is 1. The molecule has 2 saturated heterocycles. The smallest absolute Gasteiger partial charge is 0.0224 e. The van der Waals surface area contributed by atoms with Crippen LogP contribution in [-0.4, -0.2) is 54.6 Å². The van der Waals surface area contributed by atoms with Gasteiger partial charge in [0.25, 0.3) is 0 Å². The van der Waals surface area contributed by atoms with E-state index in [0.29, 0.717) is 5.41 Å². The van der Waals surface area contributed by atoms with Crippen molar-refractivity contribution in [3.8, 4) is 0 Å². The molecule has 2 atom stereocenters. The van der Waals surface area contributed by atoms with Crippen LogP contribution in [0.25, 0.3) is 0 Å². The summed E-state index contributed by atoms with van der Waals surface area (Å²) in [6, 6.07) is 1.61. The lowest BCUT2D eigenvalue weighted by Crippen LogP contribution is -2.55. The molecule has 2 heterocycles. The zero-order valence-corrected chi connectivity index (χ0v) is 13.2. The molecule has 2 N–H and O–H groups in total. The van der Waals surface area contributed by atoms with Crippen molar-refractivity contribution in [1.29, 1.82) is 0 Å². The summed E-state index contributed by atoms with van der Waals surface area (Å²) in [5.74, 6) is 0. The van der Waals surface area contributed by atoms with Crippen LogP contribution in [0.2, 0.25) is 0 Å². The van der Waals surface area contributed by atoms with E-state index in [1.165, 1.54) is 58.3 Å². The third kappa shape index (κ3) is 4.17. The second-order valence-electron chi connectivity index (χ2n) is 7.46. The molecular formula is C16H33N3. The Hall–Kier alpha value is -0.120. The third-order valence-electron chi connectivity index (χ3n) is 5.17. The minimum absolute atomic E-state index is 0.329. The van der Waals surface area contributed by atoms with E-state index < -0.39 is 0 Å². The first kappa shape index (κ1) is 15.3. The van der Waals surface area contributed by atoms with Crippen LogP contribution in [0, 0.1) is 5.41 Å². The Balaban J connectivity index is 1.68. The second kappa shape index (κ2) is 6.55. The van der Waals surface area contributed by atoms with Gasteiger partial charge in [-0.2, -0.15) is 0 Å². The van der Waals surface area contributed by atoms with Crippen LogP contribution in [0.3, 0.4) is 0 Å². The van der Waals surface area contributed by atoms with E-state index >= 15 is 0 Å². The fourth-order valence-corrected chi connectivity index (χ4v) is 3.58. The molecule has 2 unspecified atom stereocenters. The SMILES string of the molecule is CC1CN2CCCC2CN1CCCCC(C)(C)CN. The van der Waals surface area contributed by atoms with Crippen LogP contribution in [0.5, 0.6) is 0 Å². The van der Waals surface area contributed by atoms with Crippen LogP contribution in [-0.2, 0) is 0 Å².